The largest absolute Gasteiger partial charge is 0.334 e. The van der Waals surface area contributed by atoms with E-state index in [1.54, 1.807) is 24.3 Å². The summed E-state index contributed by atoms with van der Waals surface area (Å²) >= 11 is 5.93. The normalized spacial score (nSPS) is 23.7. The van der Waals surface area contributed by atoms with Gasteiger partial charge in [0.2, 0.25) is 15.0 Å². The van der Waals surface area contributed by atoms with Crippen LogP contribution in [0, 0.1) is 31.6 Å². The Kier molecular flexibility index (Phi) is 5.40. The number of nitrogens with zero attached hydrogens (tertiary/aromatic N) is 4. The van der Waals surface area contributed by atoms with Crippen molar-refractivity contribution < 1.29 is 12.9 Å². The first-order valence-corrected chi connectivity index (χ1v) is 13.1. The molecule has 5 rings (SSSR count). The Balaban J connectivity index is 1.43. The van der Waals surface area contributed by atoms with E-state index in [0.717, 1.165) is 17.3 Å². The maximum absolute atomic E-state index is 13.4. The fourth-order valence-electron chi connectivity index (χ4n) is 5.63. The first-order chi connectivity index (χ1) is 15.2. The van der Waals surface area contributed by atoms with Gasteiger partial charge in [-0.15, -0.1) is 0 Å². The lowest BCUT2D eigenvalue weighted by Gasteiger charge is -2.30. The van der Waals surface area contributed by atoms with Crippen LogP contribution in [0.4, 0.5) is 0 Å². The van der Waals surface area contributed by atoms with Gasteiger partial charge in [0, 0.05) is 22.3 Å². The van der Waals surface area contributed by atoms with E-state index >= 15 is 0 Å². The number of aryl methyl sites for hydroxylation is 1. The van der Waals surface area contributed by atoms with E-state index in [0.29, 0.717) is 22.4 Å². The van der Waals surface area contributed by atoms with Gasteiger partial charge in [0.1, 0.15) is 5.75 Å². The van der Waals surface area contributed by atoms with Crippen LogP contribution in [0.3, 0.4) is 0 Å². The highest BCUT2D eigenvalue weighted by Gasteiger charge is 2.43. The third kappa shape index (κ3) is 3.77. The Labute approximate surface area is 193 Å². The maximum atomic E-state index is 13.4. The molecule has 7 nitrogen and oxygen atoms in total. The zero-order valence-corrected chi connectivity index (χ0v) is 20.0. The number of fused-ring (bicyclic) bond motifs is 2. The molecule has 2 aliphatic carbocycles. The fourth-order valence-corrected chi connectivity index (χ4v) is 7.22. The van der Waals surface area contributed by atoms with Gasteiger partial charge in [-0.2, -0.15) is 4.98 Å². The summed E-state index contributed by atoms with van der Waals surface area (Å²) < 4.78 is 34.1. The summed E-state index contributed by atoms with van der Waals surface area (Å²) in [5.74, 6) is 2.00. The minimum absolute atomic E-state index is 0.0890. The molecule has 3 aromatic rings. The lowest BCUT2D eigenvalue weighted by molar-refractivity contribution is 0.231. The summed E-state index contributed by atoms with van der Waals surface area (Å²) in [6, 6.07) is 7.04. The van der Waals surface area contributed by atoms with Gasteiger partial charge in [0.25, 0.3) is 5.89 Å². The third-order valence-corrected chi connectivity index (χ3v) is 9.07. The van der Waals surface area contributed by atoms with Crippen LogP contribution in [0.15, 0.2) is 33.9 Å². The predicted molar refractivity (Wildman–Crippen MR) is 121 cm³/mol. The second-order valence-corrected chi connectivity index (χ2v) is 11.6. The molecular weight excluding hydrogens is 448 g/mol. The molecule has 2 fully saturated rings. The number of aromatic nitrogens is 4. The van der Waals surface area contributed by atoms with E-state index in [1.165, 1.54) is 25.7 Å². The molecular formula is C23H27ClN4O3S. The number of hydrogen-bond donors (Lipinski definition) is 0. The van der Waals surface area contributed by atoms with Gasteiger partial charge in [0.05, 0.1) is 5.69 Å². The minimum Gasteiger partial charge on any atom is -0.334 e. The molecule has 9 heteroatoms. The van der Waals surface area contributed by atoms with Crippen LogP contribution in [-0.4, -0.2) is 28.1 Å². The van der Waals surface area contributed by atoms with Crippen LogP contribution in [0.25, 0.3) is 11.5 Å². The highest BCUT2D eigenvalue weighted by molar-refractivity contribution is 7.90. The van der Waals surface area contributed by atoms with Gasteiger partial charge < -0.3 is 9.09 Å². The fraction of sp³-hybridized carbons (Fsp3) is 0.522. The van der Waals surface area contributed by atoms with E-state index in [2.05, 4.69) is 22.0 Å². The zero-order valence-electron chi connectivity index (χ0n) is 18.5. The van der Waals surface area contributed by atoms with Crippen molar-refractivity contribution >= 4 is 21.4 Å². The number of hydrogen-bond acceptors (Lipinski definition) is 6. The standard InChI is InChI=1S/C23H27ClN4O3S/c1-13-14(2)28(15(3)20-11-16-4-5-18(20)10-16)23(25-13)32(29,30)12-21-26-22(31-27-21)17-6-8-19(24)9-7-17/h6-9,15-16,18,20H,4-5,10-12H2,1-3H3. The number of benzene rings is 1. The minimum atomic E-state index is -3.76. The summed E-state index contributed by atoms with van der Waals surface area (Å²) in [5, 5.41) is 4.61. The lowest BCUT2D eigenvalue weighted by Crippen LogP contribution is -2.26. The molecule has 32 heavy (non-hydrogen) atoms. The maximum Gasteiger partial charge on any atom is 0.257 e. The Morgan fingerprint density at radius 3 is 2.56 bits per heavy atom. The highest BCUT2D eigenvalue weighted by atomic mass is 35.5. The number of halogens is 1. The molecule has 4 unspecified atom stereocenters. The molecule has 4 atom stereocenters. The van der Waals surface area contributed by atoms with Gasteiger partial charge >= 0.3 is 0 Å². The van der Waals surface area contributed by atoms with E-state index in [1.807, 2.05) is 18.4 Å². The molecule has 2 bridgehead atoms. The summed E-state index contributed by atoms with van der Waals surface area (Å²) in [7, 11) is -3.76. The predicted octanol–water partition coefficient (Wildman–Crippen LogP) is 5.17. The topological polar surface area (TPSA) is 90.9 Å². The Bertz CT molecular complexity index is 1250. The SMILES string of the molecule is Cc1nc(S(=O)(=O)Cc2noc(-c3ccc(Cl)cc3)n2)n(C(C)C2CC3CCC2C3)c1C. The van der Waals surface area contributed by atoms with Crippen LogP contribution >= 0.6 is 11.6 Å². The van der Waals surface area contributed by atoms with Gasteiger partial charge in [0.15, 0.2) is 5.82 Å². The molecule has 0 N–H and O–H groups in total. The van der Waals surface area contributed by atoms with Gasteiger partial charge in [-0.25, -0.2) is 13.4 Å². The van der Waals surface area contributed by atoms with E-state index in [4.69, 9.17) is 16.1 Å². The first kappa shape index (κ1) is 21.6. The smallest absolute Gasteiger partial charge is 0.257 e. The first-order valence-electron chi connectivity index (χ1n) is 11.1. The van der Waals surface area contributed by atoms with Crippen molar-refractivity contribution in [1.82, 2.24) is 19.7 Å². The van der Waals surface area contributed by atoms with Crippen molar-refractivity contribution in [3.63, 3.8) is 0 Å². The third-order valence-electron chi connectivity index (χ3n) is 7.33. The molecule has 2 heterocycles. The average Bonchev–Trinajstić information content (AvgIpc) is 3.54. The van der Waals surface area contributed by atoms with Crippen LogP contribution < -0.4 is 0 Å². The van der Waals surface area contributed by atoms with Crippen LogP contribution in [0.5, 0.6) is 0 Å². The van der Waals surface area contributed by atoms with Crippen molar-refractivity contribution in [3.05, 3.63) is 46.5 Å². The second kappa shape index (κ2) is 7.99. The number of sulfone groups is 1. The summed E-state index contributed by atoms with van der Waals surface area (Å²) in [5.41, 5.74) is 2.34. The molecule has 0 saturated heterocycles. The average molecular weight is 475 g/mol. The lowest BCUT2D eigenvalue weighted by atomic mass is 9.84. The molecule has 2 saturated carbocycles. The van der Waals surface area contributed by atoms with Gasteiger partial charge in [-0.3, -0.25) is 0 Å². The number of imidazole rings is 1. The quantitative estimate of drug-likeness (QED) is 0.489. The molecule has 2 aliphatic rings. The molecule has 2 aromatic heterocycles. The van der Waals surface area contributed by atoms with E-state index < -0.39 is 9.84 Å². The summed E-state index contributed by atoms with van der Waals surface area (Å²) in [6.45, 7) is 5.97. The van der Waals surface area contributed by atoms with Gasteiger partial charge in [-0.05, 0) is 82.1 Å². The highest BCUT2D eigenvalue weighted by Crippen LogP contribution is 2.52. The zero-order chi connectivity index (χ0) is 22.6. The molecule has 0 spiro atoms. The van der Waals surface area contributed by atoms with Crippen molar-refractivity contribution in [2.45, 2.75) is 63.4 Å². The monoisotopic (exact) mass is 474 g/mol. The molecule has 1 aromatic carbocycles. The van der Waals surface area contributed by atoms with Crippen LogP contribution in [0.2, 0.25) is 5.02 Å². The van der Waals surface area contributed by atoms with Crippen molar-refractivity contribution in [1.29, 1.82) is 0 Å². The van der Waals surface area contributed by atoms with E-state index in [9.17, 15) is 8.42 Å². The Morgan fingerprint density at radius 2 is 1.91 bits per heavy atom. The summed E-state index contributed by atoms with van der Waals surface area (Å²) in [6.07, 6.45) is 5.02. The Morgan fingerprint density at radius 1 is 1.16 bits per heavy atom. The molecule has 0 radical (unpaired) electrons. The molecule has 170 valence electrons. The van der Waals surface area contributed by atoms with Crippen LogP contribution in [0.1, 0.15) is 55.9 Å². The summed E-state index contributed by atoms with van der Waals surface area (Å²) in [4.78, 5) is 8.78. The van der Waals surface area contributed by atoms with Crippen molar-refractivity contribution in [2.75, 3.05) is 0 Å². The molecule has 0 amide bonds. The molecule has 0 aliphatic heterocycles. The second-order valence-electron chi connectivity index (χ2n) is 9.30. The Hall–Kier alpha value is -2.19. The van der Waals surface area contributed by atoms with Crippen molar-refractivity contribution in [3.8, 4) is 11.5 Å². The van der Waals surface area contributed by atoms with Crippen LogP contribution in [-0.2, 0) is 15.6 Å². The van der Waals surface area contributed by atoms with Gasteiger partial charge in [-0.1, -0.05) is 23.2 Å². The van der Waals surface area contributed by atoms with Crippen molar-refractivity contribution in [2.24, 2.45) is 17.8 Å². The van der Waals surface area contributed by atoms with E-state index in [-0.39, 0.29) is 28.7 Å². The number of rotatable bonds is 6.